The van der Waals surface area contributed by atoms with Crippen molar-refractivity contribution in [3.05, 3.63) is 23.7 Å². The summed E-state index contributed by atoms with van der Waals surface area (Å²) in [6.07, 6.45) is 5.29. The van der Waals surface area contributed by atoms with Crippen LogP contribution >= 0.6 is 0 Å². The SMILES string of the molecule is CCCCN(Cc1ccc(CNC(C)C)o1)C1CC1. The van der Waals surface area contributed by atoms with Crippen LogP contribution < -0.4 is 5.32 Å². The largest absolute Gasteiger partial charge is 0.463 e. The van der Waals surface area contributed by atoms with Gasteiger partial charge in [0.25, 0.3) is 0 Å². The molecule has 1 aromatic rings. The van der Waals surface area contributed by atoms with Gasteiger partial charge >= 0.3 is 0 Å². The van der Waals surface area contributed by atoms with E-state index in [1.807, 2.05) is 0 Å². The molecule has 0 spiro atoms. The molecule has 0 aliphatic heterocycles. The summed E-state index contributed by atoms with van der Waals surface area (Å²) in [7, 11) is 0. The Kier molecular flexibility index (Phi) is 5.46. The van der Waals surface area contributed by atoms with Crippen LogP contribution in [-0.2, 0) is 13.1 Å². The molecular weight excluding hydrogens is 236 g/mol. The zero-order valence-corrected chi connectivity index (χ0v) is 12.6. The minimum absolute atomic E-state index is 0.501. The molecule has 19 heavy (non-hydrogen) atoms. The molecule has 0 unspecified atom stereocenters. The lowest BCUT2D eigenvalue weighted by molar-refractivity contribution is 0.227. The summed E-state index contributed by atoms with van der Waals surface area (Å²) in [5.74, 6) is 2.17. The van der Waals surface area contributed by atoms with Crippen LogP contribution in [0.5, 0.6) is 0 Å². The van der Waals surface area contributed by atoms with E-state index in [0.717, 1.165) is 30.7 Å². The van der Waals surface area contributed by atoms with Gasteiger partial charge in [0.2, 0.25) is 0 Å². The highest BCUT2D eigenvalue weighted by Gasteiger charge is 2.28. The van der Waals surface area contributed by atoms with E-state index >= 15 is 0 Å². The van der Waals surface area contributed by atoms with Crippen LogP contribution in [0.15, 0.2) is 16.5 Å². The van der Waals surface area contributed by atoms with Crippen LogP contribution in [0.1, 0.15) is 58.0 Å². The molecule has 0 atom stereocenters. The Balaban J connectivity index is 1.83. The van der Waals surface area contributed by atoms with Gasteiger partial charge in [-0.2, -0.15) is 0 Å². The molecular formula is C16H28N2O. The fourth-order valence-corrected chi connectivity index (χ4v) is 2.30. The minimum Gasteiger partial charge on any atom is -0.463 e. The van der Waals surface area contributed by atoms with E-state index in [4.69, 9.17) is 4.42 Å². The fourth-order valence-electron chi connectivity index (χ4n) is 2.30. The molecule has 1 heterocycles. The quantitative estimate of drug-likeness (QED) is 0.739. The van der Waals surface area contributed by atoms with E-state index < -0.39 is 0 Å². The van der Waals surface area contributed by atoms with Crippen LogP contribution in [0.2, 0.25) is 0 Å². The Morgan fingerprint density at radius 3 is 2.68 bits per heavy atom. The van der Waals surface area contributed by atoms with Gasteiger partial charge in [-0.05, 0) is 37.9 Å². The van der Waals surface area contributed by atoms with Crippen LogP contribution in [0.25, 0.3) is 0 Å². The van der Waals surface area contributed by atoms with E-state index in [0.29, 0.717) is 6.04 Å². The van der Waals surface area contributed by atoms with Crippen molar-refractivity contribution in [3.63, 3.8) is 0 Å². The molecule has 0 aromatic carbocycles. The highest BCUT2D eigenvalue weighted by atomic mass is 16.3. The highest BCUT2D eigenvalue weighted by molar-refractivity contribution is 5.07. The summed E-state index contributed by atoms with van der Waals surface area (Å²) in [4.78, 5) is 2.59. The van der Waals surface area contributed by atoms with E-state index in [1.54, 1.807) is 0 Å². The number of nitrogens with zero attached hydrogens (tertiary/aromatic N) is 1. The molecule has 0 bridgehead atoms. The third kappa shape index (κ3) is 5.00. The number of nitrogens with one attached hydrogen (secondary N) is 1. The second-order valence-corrected chi connectivity index (χ2v) is 5.96. The van der Waals surface area contributed by atoms with Crippen LogP contribution in [0, 0.1) is 0 Å². The number of unbranched alkanes of at least 4 members (excludes halogenated alkanes) is 1. The molecule has 1 aliphatic rings. The van der Waals surface area contributed by atoms with Gasteiger partial charge < -0.3 is 9.73 Å². The predicted octanol–water partition coefficient (Wildman–Crippen LogP) is 3.54. The molecule has 1 N–H and O–H groups in total. The van der Waals surface area contributed by atoms with Gasteiger partial charge in [0.1, 0.15) is 11.5 Å². The molecule has 0 amide bonds. The Labute approximate surface area is 117 Å². The van der Waals surface area contributed by atoms with Crippen LogP contribution in [0.4, 0.5) is 0 Å². The first-order valence-corrected chi connectivity index (χ1v) is 7.74. The number of rotatable bonds is 9. The van der Waals surface area contributed by atoms with Crippen LogP contribution in [-0.4, -0.2) is 23.5 Å². The summed E-state index contributed by atoms with van der Waals surface area (Å²) in [6, 6.07) is 5.56. The summed E-state index contributed by atoms with van der Waals surface area (Å²) in [5.41, 5.74) is 0. The van der Waals surface area contributed by atoms with E-state index in [9.17, 15) is 0 Å². The van der Waals surface area contributed by atoms with Crippen molar-refractivity contribution in [2.45, 2.75) is 71.6 Å². The van der Waals surface area contributed by atoms with E-state index in [1.165, 1.54) is 32.2 Å². The molecule has 0 saturated heterocycles. The predicted molar refractivity (Wildman–Crippen MR) is 79.0 cm³/mol. The molecule has 108 valence electrons. The van der Waals surface area contributed by atoms with Crippen molar-refractivity contribution >= 4 is 0 Å². The van der Waals surface area contributed by atoms with Crippen LogP contribution in [0.3, 0.4) is 0 Å². The number of furan rings is 1. The van der Waals surface area contributed by atoms with E-state index in [-0.39, 0.29) is 0 Å². The molecule has 1 saturated carbocycles. The van der Waals surface area contributed by atoms with Crippen molar-refractivity contribution in [2.24, 2.45) is 0 Å². The molecule has 1 aromatic heterocycles. The maximum atomic E-state index is 5.92. The Hall–Kier alpha value is -0.800. The van der Waals surface area contributed by atoms with Crippen molar-refractivity contribution < 1.29 is 4.42 Å². The van der Waals surface area contributed by atoms with Gasteiger partial charge in [0.05, 0.1) is 13.1 Å². The zero-order valence-electron chi connectivity index (χ0n) is 12.6. The average Bonchev–Trinajstić information content (AvgIpc) is 3.13. The van der Waals surface area contributed by atoms with Gasteiger partial charge in [-0.1, -0.05) is 27.2 Å². The second kappa shape index (κ2) is 7.11. The van der Waals surface area contributed by atoms with Gasteiger partial charge in [-0.3, -0.25) is 4.90 Å². The summed E-state index contributed by atoms with van der Waals surface area (Å²) in [5, 5.41) is 3.39. The fraction of sp³-hybridized carbons (Fsp3) is 0.750. The molecule has 2 rings (SSSR count). The van der Waals surface area contributed by atoms with Gasteiger partial charge in [-0.15, -0.1) is 0 Å². The third-order valence-electron chi connectivity index (χ3n) is 3.62. The van der Waals surface area contributed by atoms with Gasteiger partial charge in [-0.25, -0.2) is 0 Å². The second-order valence-electron chi connectivity index (χ2n) is 5.96. The Morgan fingerprint density at radius 1 is 1.32 bits per heavy atom. The van der Waals surface area contributed by atoms with Crippen molar-refractivity contribution in [2.75, 3.05) is 6.54 Å². The van der Waals surface area contributed by atoms with Gasteiger partial charge in [0, 0.05) is 12.1 Å². The zero-order chi connectivity index (χ0) is 13.7. The molecule has 0 radical (unpaired) electrons. The maximum Gasteiger partial charge on any atom is 0.118 e. The summed E-state index contributed by atoms with van der Waals surface area (Å²) in [6.45, 7) is 9.59. The first-order chi connectivity index (χ1) is 9.19. The first-order valence-electron chi connectivity index (χ1n) is 7.74. The first kappa shape index (κ1) is 14.6. The summed E-state index contributed by atoms with van der Waals surface area (Å²) >= 11 is 0. The lowest BCUT2D eigenvalue weighted by Crippen LogP contribution is -2.26. The number of hydrogen-bond acceptors (Lipinski definition) is 3. The average molecular weight is 264 g/mol. The monoisotopic (exact) mass is 264 g/mol. The molecule has 1 fully saturated rings. The smallest absolute Gasteiger partial charge is 0.118 e. The number of hydrogen-bond donors (Lipinski definition) is 1. The van der Waals surface area contributed by atoms with Gasteiger partial charge in [0.15, 0.2) is 0 Å². The lowest BCUT2D eigenvalue weighted by Gasteiger charge is -2.20. The molecule has 1 aliphatic carbocycles. The van der Waals surface area contributed by atoms with Crippen molar-refractivity contribution in [1.82, 2.24) is 10.2 Å². The standard InChI is InChI=1S/C16H28N2O/c1-4-5-10-18(14-6-7-14)12-16-9-8-15(19-16)11-17-13(2)3/h8-9,13-14,17H,4-7,10-12H2,1-3H3. The van der Waals surface area contributed by atoms with Crippen molar-refractivity contribution in [1.29, 1.82) is 0 Å². The summed E-state index contributed by atoms with van der Waals surface area (Å²) < 4.78 is 5.92. The minimum atomic E-state index is 0.501. The maximum absolute atomic E-state index is 5.92. The third-order valence-corrected chi connectivity index (χ3v) is 3.62. The Morgan fingerprint density at radius 2 is 2.05 bits per heavy atom. The Bertz CT molecular complexity index is 369. The highest BCUT2D eigenvalue weighted by Crippen LogP contribution is 2.28. The molecule has 3 nitrogen and oxygen atoms in total. The normalized spacial score (nSPS) is 15.6. The van der Waals surface area contributed by atoms with Crippen molar-refractivity contribution in [3.8, 4) is 0 Å². The molecule has 3 heteroatoms. The van der Waals surface area contributed by atoms with E-state index in [2.05, 4.69) is 43.1 Å². The lowest BCUT2D eigenvalue weighted by atomic mass is 10.3. The topological polar surface area (TPSA) is 28.4 Å².